The lowest BCUT2D eigenvalue weighted by Crippen LogP contribution is -2.33. The van der Waals surface area contributed by atoms with Crippen LogP contribution in [0.5, 0.6) is 0 Å². The molecule has 1 saturated heterocycles. The second-order valence-corrected chi connectivity index (χ2v) is 9.50. The van der Waals surface area contributed by atoms with Gasteiger partial charge in [-0.3, -0.25) is 9.59 Å². The molecular formula is C18H16Cl2N2O4S. The largest absolute Gasteiger partial charge is 0.322 e. The third-order valence-corrected chi connectivity index (χ3v) is 6.68. The van der Waals surface area contributed by atoms with E-state index in [0.717, 1.165) is 4.31 Å². The van der Waals surface area contributed by atoms with Gasteiger partial charge in [0.05, 0.1) is 27.4 Å². The van der Waals surface area contributed by atoms with Crippen LogP contribution in [0.2, 0.25) is 10.0 Å². The number of carbonyl (C=O) groups excluding carboxylic acids is 2. The van der Waals surface area contributed by atoms with Crippen molar-refractivity contribution >= 4 is 56.4 Å². The monoisotopic (exact) mass is 426 g/mol. The van der Waals surface area contributed by atoms with Gasteiger partial charge in [-0.25, -0.2) is 12.7 Å². The van der Waals surface area contributed by atoms with Crippen molar-refractivity contribution in [2.75, 3.05) is 15.4 Å². The Morgan fingerprint density at radius 3 is 2.44 bits per heavy atom. The summed E-state index contributed by atoms with van der Waals surface area (Å²) in [5.74, 6) is -1.40. The van der Waals surface area contributed by atoms with E-state index in [0.29, 0.717) is 10.7 Å². The number of nitrogens with zero attached hydrogens (tertiary/aromatic N) is 1. The molecule has 0 radical (unpaired) electrons. The molecule has 6 nitrogen and oxygen atoms in total. The second kappa shape index (κ2) is 6.82. The van der Waals surface area contributed by atoms with Crippen LogP contribution in [-0.2, 0) is 14.8 Å². The molecular weight excluding hydrogens is 411 g/mol. The number of halogens is 2. The van der Waals surface area contributed by atoms with Crippen molar-refractivity contribution in [1.82, 2.24) is 0 Å². The Morgan fingerprint density at radius 1 is 1.15 bits per heavy atom. The first-order valence-electron chi connectivity index (χ1n) is 7.95. The minimum absolute atomic E-state index is 0.0434. The molecule has 0 spiro atoms. The maximum absolute atomic E-state index is 12.6. The number of anilines is 2. The Labute approximate surface area is 167 Å². The molecule has 0 aromatic heterocycles. The fraction of sp³-hybridized carbons (Fsp3) is 0.222. The Hall–Kier alpha value is -2.09. The Kier molecular flexibility index (Phi) is 4.96. The standard InChI is InChI=1S/C18H16Cl2N2O4S/c1-18(2)10-27(25,26)22(17(18)24)13-6-7-15(20)14(9-13)16(23)21-12-5-3-4-11(19)8-12/h3-9H,10H2,1-2H3,(H,21,23). The molecule has 3 rings (SSSR count). The predicted octanol–water partition coefficient (Wildman–Crippen LogP) is 3.95. The lowest BCUT2D eigenvalue weighted by Gasteiger charge is -2.18. The zero-order chi connectivity index (χ0) is 20.0. The molecule has 0 unspecified atom stereocenters. The number of hydrogen-bond acceptors (Lipinski definition) is 4. The minimum Gasteiger partial charge on any atom is -0.322 e. The van der Waals surface area contributed by atoms with E-state index in [1.165, 1.54) is 18.2 Å². The molecule has 9 heteroatoms. The predicted molar refractivity (Wildman–Crippen MR) is 106 cm³/mol. The fourth-order valence-corrected chi connectivity index (χ4v) is 5.33. The van der Waals surface area contributed by atoms with Crippen molar-refractivity contribution in [3.63, 3.8) is 0 Å². The maximum atomic E-state index is 12.6. The van der Waals surface area contributed by atoms with E-state index >= 15 is 0 Å². The number of sulfonamides is 1. The highest BCUT2D eigenvalue weighted by Crippen LogP contribution is 2.37. The number of benzene rings is 2. The van der Waals surface area contributed by atoms with Crippen molar-refractivity contribution in [1.29, 1.82) is 0 Å². The summed E-state index contributed by atoms with van der Waals surface area (Å²) in [4.78, 5) is 25.1. The van der Waals surface area contributed by atoms with Crippen LogP contribution in [-0.4, -0.2) is 26.0 Å². The first kappa shape index (κ1) is 19.7. The fourth-order valence-electron chi connectivity index (χ4n) is 2.84. The van der Waals surface area contributed by atoms with E-state index < -0.39 is 27.3 Å². The van der Waals surface area contributed by atoms with Crippen LogP contribution in [0, 0.1) is 5.41 Å². The van der Waals surface area contributed by atoms with E-state index in [1.807, 2.05) is 0 Å². The molecule has 0 bridgehead atoms. The van der Waals surface area contributed by atoms with Crippen molar-refractivity contribution < 1.29 is 18.0 Å². The minimum atomic E-state index is -3.83. The van der Waals surface area contributed by atoms with E-state index in [1.54, 1.807) is 38.1 Å². The molecule has 0 atom stereocenters. The molecule has 0 saturated carbocycles. The summed E-state index contributed by atoms with van der Waals surface area (Å²) in [6.45, 7) is 3.13. The Morgan fingerprint density at radius 2 is 1.85 bits per heavy atom. The normalized spacial score (nSPS) is 17.8. The van der Waals surface area contributed by atoms with Crippen molar-refractivity contribution in [3.05, 3.63) is 58.1 Å². The lowest BCUT2D eigenvalue weighted by atomic mass is 9.95. The summed E-state index contributed by atoms with van der Waals surface area (Å²) in [5.41, 5.74) is -0.463. The van der Waals surface area contributed by atoms with E-state index in [4.69, 9.17) is 23.2 Å². The van der Waals surface area contributed by atoms with Crippen LogP contribution >= 0.6 is 23.2 Å². The molecule has 1 heterocycles. The molecule has 0 aliphatic carbocycles. The van der Waals surface area contributed by atoms with Crippen LogP contribution in [0.3, 0.4) is 0 Å². The third-order valence-electron chi connectivity index (χ3n) is 4.10. The second-order valence-electron chi connectivity index (χ2n) is 6.84. The summed E-state index contributed by atoms with van der Waals surface area (Å²) in [5, 5.41) is 3.22. The summed E-state index contributed by atoms with van der Waals surface area (Å²) < 4.78 is 25.6. The van der Waals surface area contributed by atoms with Gasteiger partial charge in [0, 0.05) is 10.7 Å². The maximum Gasteiger partial charge on any atom is 0.257 e. The SMILES string of the molecule is CC1(C)CS(=O)(=O)N(c2ccc(Cl)c(C(=O)Nc3cccc(Cl)c3)c2)C1=O. The van der Waals surface area contributed by atoms with Gasteiger partial charge in [0.2, 0.25) is 15.9 Å². The van der Waals surface area contributed by atoms with Gasteiger partial charge in [-0.05, 0) is 50.2 Å². The van der Waals surface area contributed by atoms with Gasteiger partial charge in [-0.2, -0.15) is 0 Å². The highest BCUT2D eigenvalue weighted by molar-refractivity contribution is 7.94. The summed E-state index contributed by atoms with van der Waals surface area (Å²) >= 11 is 12.0. The van der Waals surface area contributed by atoms with Gasteiger partial charge >= 0.3 is 0 Å². The topological polar surface area (TPSA) is 83.6 Å². The smallest absolute Gasteiger partial charge is 0.257 e. The van der Waals surface area contributed by atoms with Crippen molar-refractivity contribution in [2.45, 2.75) is 13.8 Å². The van der Waals surface area contributed by atoms with E-state index in [2.05, 4.69) is 5.32 Å². The van der Waals surface area contributed by atoms with Crippen LogP contribution in [0.1, 0.15) is 24.2 Å². The average molecular weight is 427 g/mol. The highest BCUT2D eigenvalue weighted by Gasteiger charge is 2.50. The zero-order valence-electron chi connectivity index (χ0n) is 14.5. The summed E-state index contributed by atoms with van der Waals surface area (Å²) in [7, 11) is -3.83. The zero-order valence-corrected chi connectivity index (χ0v) is 16.8. The molecule has 27 heavy (non-hydrogen) atoms. The number of rotatable bonds is 3. The number of nitrogens with one attached hydrogen (secondary N) is 1. The molecule has 2 aromatic rings. The Balaban J connectivity index is 1.98. The number of hydrogen-bond donors (Lipinski definition) is 1. The van der Waals surface area contributed by atoms with Crippen molar-refractivity contribution in [3.8, 4) is 0 Å². The van der Waals surface area contributed by atoms with Gasteiger partial charge in [0.15, 0.2) is 0 Å². The van der Waals surface area contributed by atoms with Crippen LogP contribution in [0.4, 0.5) is 11.4 Å². The highest BCUT2D eigenvalue weighted by atomic mass is 35.5. The van der Waals surface area contributed by atoms with Gasteiger partial charge in [-0.1, -0.05) is 29.3 Å². The van der Waals surface area contributed by atoms with Gasteiger partial charge in [0.25, 0.3) is 5.91 Å². The average Bonchev–Trinajstić information content (AvgIpc) is 2.71. The number of carbonyl (C=O) groups is 2. The lowest BCUT2D eigenvalue weighted by molar-refractivity contribution is -0.123. The molecule has 1 N–H and O–H groups in total. The van der Waals surface area contributed by atoms with Gasteiger partial charge < -0.3 is 5.32 Å². The third kappa shape index (κ3) is 3.81. The summed E-state index contributed by atoms with van der Waals surface area (Å²) in [6, 6.07) is 10.6. The van der Waals surface area contributed by atoms with Crippen LogP contribution in [0.15, 0.2) is 42.5 Å². The summed E-state index contributed by atoms with van der Waals surface area (Å²) in [6.07, 6.45) is 0. The van der Waals surface area contributed by atoms with E-state index in [9.17, 15) is 18.0 Å². The van der Waals surface area contributed by atoms with Crippen LogP contribution in [0.25, 0.3) is 0 Å². The quantitative estimate of drug-likeness (QED) is 0.804. The Bertz CT molecular complexity index is 1050. The molecule has 142 valence electrons. The van der Waals surface area contributed by atoms with Gasteiger partial charge in [0.1, 0.15) is 0 Å². The molecule has 1 aliphatic rings. The van der Waals surface area contributed by atoms with Crippen LogP contribution < -0.4 is 9.62 Å². The van der Waals surface area contributed by atoms with Crippen molar-refractivity contribution in [2.24, 2.45) is 5.41 Å². The number of amides is 2. The van der Waals surface area contributed by atoms with Gasteiger partial charge in [-0.15, -0.1) is 0 Å². The molecule has 1 fully saturated rings. The van der Waals surface area contributed by atoms with E-state index in [-0.39, 0.29) is 22.0 Å². The molecule has 1 aliphatic heterocycles. The first-order chi connectivity index (χ1) is 12.5. The molecule has 2 amide bonds. The first-order valence-corrected chi connectivity index (χ1v) is 10.3. The molecule has 2 aromatic carbocycles.